The number of para-hydroxylation sites is 1. The summed E-state index contributed by atoms with van der Waals surface area (Å²) in [6.07, 6.45) is 5.76. The standard InChI is InChI=1S/C33H46N4O5S/c1-5-8-18-35-29-23-26(24-31(43(34,39)40)32(29)42-28-14-10-9-11-15-28)33(38)36-27-16-17-30(41-4)25(22-27)13-12-21-37(19-6-2)20-7-3/h9-11,14-17,22-24,35H,5-8,12-13,18-21H2,1-4H3,(H,36,38)(H2,34,39,40). The van der Waals surface area contributed by atoms with Gasteiger partial charge in [-0.1, -0.05) is 45.4 Å². The predicted molar refractivity (Wildman–Crippen MR) is 174 cm³/mol. The van der Waals surface area contributed by atoms with Gasteiger partial charge < -0.3 is 25.0 Å². The Hall–Kier alpha value is -3.60. The lowest BCUT2D eigenvalue weighted by molar-refractivity contribution is 0.102. The zero-order valence-corrected chi connectivity index (χ0v) is 26.6. The highest BCUT2D eigenvalue weighted by molar-refractivity contribution is 7.89. The van der Waals surface area contributed by atoms with Crippen molar-refractivity contribution in [3.05, 3.63) is 71.8 Å². The fourth-order valence-electron chi connectivity index (χ4n) is 4.90. The summed E-state index contributed by atoms with van der Waals surface area (Å²) in [6.45, 7) is 10.1. The Morgan fingerprint density at radius 2 is 1.63 bits per heavy atom. The van der Waals surface area contributed by atoms with E-state index in [1.54, 1.807) is 43.5 Å². The average Bonchev–Trinajstić information content (AvgIpc) is 2.98. The number of methoxy groups -OCH3 is 1. The summed E-state index contributed by atoms with van der Waals surface area (Å²) < 4.78 is 37.0. The van der Waals surface area contributed by atoms with Crippen LogP contribution in [0.1, 0.15) is 68.8 Å². The van der Waals surface area contributed by atoms with Gasteiger partial charge in [0.15, 0.2) is 5.75 Å². The number of anilines is 2. The molecule has 4 N–H and O–H groups in total. The highest BCUT2D eigenvalue weighted by Gasteiger charge is 2.24. The van der Waals surface area contributed by atoms with E-state index >= 15 is 0 Å². The van der Waals surface area contributed by atoms with Crippen molar-refractivity contribution in [2.45, 2.75) is 64.2 Å². The third-order valence-electron chi connectivity index (χ3n) is 6.97. The molecule has 0 atom stereocenters. The van der Waals surface area contributed by atoms with E-state index in [4.69, 9.17) is 14.6 Å². The van der Waals surface area contributed by atoms with Gasteiger partial charge in [0.05, 0.1) is 12.8 Å². The molecular weight excluding hydrogens is 564 g/mol. The number of amides is 1. The van der Waals surface area contributed by atoms with Gasteiger partial charge in [-0.2, -0.15) is 0 Å². The molecule has 0 aromatic heterocycles. The summed E-state index contributed by atoms with van der Waals surface area (Å²) in [6, 6.07) is 17.2. The maximum atomic E-state index is 13.5. The third-order valence-corrected chi connectivity index (χ3v) is 7.89. The van der Waals surface area contributed by atoms with Gasteiger partial charge in [-0.25, -0.2) is 13.6 Å². The second kappa shape index (κ2) is 16.9. The summed E-state index contributed by atoms with van der Waals surface area (Å²) in [4.78, 5) is 15.7. The molecule has 0 saturated heterocycles. The molecule has 3 aromatic carbocycles. The molecule has 3 rings (SSSR count). The molecule has 0 spiro atoms. The Kier molecular flexibility index (Phi) is 13.3. The lowest BCUT2D eigenvalue weighted by Crippen LogP contribution is -2.26. The molecule has 0 saturated carbocycles. The fraction of sp³-hybridized carbons (Fsp3) is 0.424. The van der Waals surface area contributed by atoms with Crippen LogP contribution in [0.5, 0.6) is 17.2 Å². The number of unbranched alkanes of at least 4 members (excludes halogenated alkanes) is 1. The largest absolute Gasteiger partial charge is 0.496 e. The number of aryl methyl sites for hydroxylation is 1. The van der Waals surface area contributed by atoms with E-state index in [-0.39, 0.29) is 16.2 Å². The summed E-state index contributed by atoms with van der Waals surface area (Å²) in [5, 5.41) is 11.8. The number of carbonyl (C=O) groups excluding carboxylic acids is 1. The first-order valence-corrected chi connectivity index (χ1v) is 16.6. The lowest BCUT2D eigenvalue weighted by atomic mass is 10.1. The Morgan fingerprint density at radius 1 is 0.907 bits per heavy atom. The van der Waals surface area contributed by atoms with Crippen LogP contribution in [0.4, 0.5) is 11.4 Å². The number of primary sulfonamides is 1. The minimum atomic E-state index is -4.24. The molecule has 10 heteroatoms. The van der Waals surface area contributed by atoms with Crippen molar-refractivity contribution in [1.82, 2.24) is 4.90 Å². The Bertz CT molecular complexity index is 1420. The zero-order valence-electron chi connectivity index (χ0n) is 25.8. The number of nitrogens with one attached hydrogen (secondary N) is 2. The number of carbonyl (C=O) groups is 1. The summed E-state index contributed by atoms with van der Waals surface area (Å²) in [5.74, 6) is 0.787. The van der Waals surface area contributed by atoms with Crippen LogP contribution in [0, 0.1) is 0 Å². The van der Waals surface area contributed by atoms with Gasteiger partial charge in [0.25, 0.3) is 5.91 Å². The first-order chi connectivity index (χ1) is 20.7. The number of ether oxygens (including phenoxy) is 2. The van der Waals surface area contributed by atoms with Crippen LogP contribution in [-0.2, 0) is 16.4 Å². The normalized spacial score (nSPS) is 11.4. The second-order valence-electron chi connectivity index (χ2n) is 10.5. The highest BCUT2D eigenvalue weighted by atomic mass is 32.2. The number of rotatable bonds is 18. The van der Waals surface area contributed by atoms with Crippen molar-refractivity contribution in [3.8, 4) is 17.2 Å². The van der Waals surface area contributed by atoms with E-state index in [1.165, 1.54) is 6.07 Å². The van der Waals surface area contributed by atoms with Crippen molar-refractivity contribution < 1.29 is 22.7 Å². The van der Waals surface area contributed by atoms with E-state index in [1.807, 2.05) is 18.2 Å². The van der Waals surface area contributed by atoms with Crippen LogP contribution < -0.4 is 25.2 Å². The smallest absolute Gasteiger partial charge is 0.255 e. The van der Waals surface area contributed by atoms with Crippen molar-refractivity contribution in [1.29, 1.82) is 0 Å². The Morgan fingerprint density at radius 3 is 2.26 bits per heavy atom. The molecule has 0 aliphatic rings. The summed E-state index contributed by atoms with van der Waals surface area (Å²) >= 11 is 0. The van der Waals surface area contributed by atoms with E-state index in [2.05, 4.69) is 36.3 Å². The van der Waals surface area contributed by atoms with Crippen LogP contribution in [0.2, 0.25) is 0 Å². The summed E-state index contributed by atoms with van der Waals surface area (Å²) in [5.41, 5.74) is 2.08. The van der Waals surface area contributed by atoms with Crippen LogP contribution in [0.15, 0.2) is 65.6 Å². The fourth-order valence-corrected chi connectivity index (χ4v) is 5.60. The lowest BCUT2D eigenvalue weighted by Gasteiger charge is -2.21. The van der Waals surface area contributed by atoms with Crippen LogP contribution in [0.3, 0.4) is 0 Å². The molecule has 0 heterocycles. The topological polar surface area (TPSA) is 123 Å². The molecule has 0 aliphatic carbocycles. The van der Waals surface area contributed by atoms with Crippen molar-refractivity contribution in [2.24, 2.45) is 5.14 Å². The van der Waals surface area contributed by atoms with Crippen molar-refractivity contribution in [2.75, 3.05) is 43.9 Å². The molecule has 0 fully saturated rings. The van der Waals surface area contributed by atoms with Gasteiger partial charge in [0.1, 0.15) is 16.4 Å². The van der Waals surface area contributed by atoms with Gasteiger partial charge in [0, 0.05) is 17.8 Å². The van der Waals surface area contributed by atoms with Crippen LogP contribution in [0.25, 0.3) is 0 Å². The maximum Gasteiger partial charge on any atom is 0.255 e. The molecule has 0 unspecified atom stereocenters. The second-order valence-corrected chi connectivity index (χ2v) is 12.0. The molecule has 9 nitrogen and oxygen atoms in total. The third kappa shape index (κ3) is 10.3. The minimum Gasteiger partial charge on any atom is -0.496 e. The molecule has 0 bridgehead atoms. The van der Waals surface area contributed by atoms with E-state index in [0.29, 0.717) is 23.7 Å². The number of hydrogen-bond acceptors (Lipinski definition) is 7. The minimum absolute atomic E-state index is 0.0493. The highest BCUT2D eigenvalue weighted by Crippen LogP contribution is 2.37. The molecule has 0 aliphatic heterocycles. The molecule has 43 heavy (non-hydrogen) atoms. The van der Waals surface area contributed by atoms with E-state index in [0.717, 1.165) is 69.5 Å². The number of hydrogen-bond donors (Lipinski definition) is 3. The van der Waals surface area contributed by atoms with Gasteiger partial charge in [-0.3, -0.25) is 4.79 Å². The van der Waals surface area contributed by atoms with E-state index in [9.17, 15) is 13.2 Å². The van der Waals surface area contributed by atoms with Crippen LogP contribution in [-0.4, -0.2) is 52.5 Å². The monoisotopic (exact) mass is 610 g/mol. The molecule has 1 amide bonds. The number of benzene rings is 3. The quantitative estimate of drug-likeness (QED) is 0.138. The number of sulfonamides is 1. The predicted octanol–water partition coefficient (Wildman–Crippen LogP) is 6.65. The maximum absolute atomic E-state index is 13.5. The average molecular weight is 611 g/mol. The molecular formula is C33H46N4O5S. The Balaban J connectivity index is 1.90. The van der Waals surface area contributed by atoms with Gasteiger partial charge in [-0.05, 0) is 99.8 Å². The van der Waals surface area contributed by atoms with Gasteiger partial charge >= 0.3 is 0 Å². The SMILES string of the molecule is CCCCNc1cc(C(=O)Nc2ccc(OC)c(CCCN(CCC)CCC)c2)cc(S(N)(=O)=O)c1Oc1ccccc1. The molecule has 0 radical (unpaired) electrons. The molecule has 234 valence electrons. The molecule has 3 aromatic rings. The van der Waals surface area contributed by atoms with Gasteiger partial charge in [-0.15, -0.1) is 0 Å². The van der Waals surface area contributed by atoms with Crippen molar-refractivity contribution in [3.63, 3.8) is 0 Å². The first-order valence-electron chi connectivity index (χ1n) is 15.1. The van der Waals surface area contributed by atoms with Crippen LogP contribution >= 0.6 is 0 Å². The number of nitrogens with two attached hydrogens (primary N) is 1. The summed E-state index contributed by atoms with van der Waals surface area (Å²) in [7, 11) is -2.61. The van der Waals surface area contributed by atoms with E-state index < -0.39 is 15.9 Å². The number of nitrogens with zero attached hydrogens (tertiary/aromatic N) is 1. The first kappa shape index (κ1) is 33.9. The zero-order chi connectivity index (χ0) is 31.2. The van der Waals surface area contributed by atoms with Gasteiger partial charge in [0.2, 0.25) is 10.0 Å². The Labute approximate surface area is 256 Å². The van der Waals surface area contributed by atoms with Crippen molar-refractivity contribution >= 4 is 27.3 Å².